The Bertz CT molecular complexity index is 677. The molecule has 0 bridgehead atoms. The van der Waals surface area contributed by atoms with Gasteiger partial charge in [0.05, 0.1) is 17.1 Å². The first-order valence-electron chi connectivity index (χ1n) is 6.55. The van der Waals surface area contributed by atoms with Gasteiger partial charge < -0.3 is 9.88 Å². The molecule has 0 aliphatic heterocycles. The highest BCUT2D eigenvalue weighted by atomic mass is 32.2. The zero-order chi connectivity index (χ0) is 14.6. The minimum atomic E-state index is -3.23. The van der Waals surface area contributed by atoms with Gasteiger partial charge >= 0.3 is 0 Å². The first-order valence-corrected chi connectivity index (χ1v) is 8.44. The van der Waals surface area contributed by atoms with Crippen LogP contribution in [0.1, 0.15) is 19.2 Å². The molecular formula is C14H19N3O2S. The van der Waals surface area contributed by atoms with Crippen molar-refractivity contribution < 1.29 is 8.42 Å². The van der Waals surface area contributed by atoms with Crippen LogP contribution in [0.25, 0.3) is 0 Å². The fourth-order valence-corrected chi connectivity index (χ4v) is 2.93. The van der Waals surface area contributed by atoms with Crippen LogP contribution in [0.3, 0.4) is 0 Å². The van der Waals surface area contributed by atoms with Crippen LogP contribution in [0.2, 0.25) is 0 Å². The summed E-state index contributed by atoms with van der Waals surface area (Å²) in [6.45, 7) is 3.51. The second kappa shape index (κ2) is 6.09. The number of nitrogens with one attached hydrogen (secondary N) is 1. The maximum atomic E-state index is 11.7. The Morgan fingerprint density at radius 3 is 2.75 bits per heavy atom. The average molecular weight is 293 g/mol. The quantitative estimate of drug-likeness (QED) is 0.887. The number of rotatable bonds is 6. The summed E-state index contributed by atoms with van der Waals surface area (Å²) >= 11 is 0. The van der Waals surface area contributed by atoms with E-state index in [4.69, 9.17) is 0 Å². The Morgan fingerprint density at radius 1 is 1.30 bits per heavy atom. The summed E-state index contributed by atoms with van der Waals surface area (Å²) in [5, 5.41) is 3.16. The molecule has 108 valence electrons. The maximum Gasteiger partial charge on any atom is 0.177 e. The van der Waals surface area contributed by atoms with E-state index in [2.05, 4.69) is 21.8 Å². The van der Waals surface area contributed by atoms with Crippen LogP contribution in [-0.2, 0) is 22.9 Å². The van der Waals surface area contributed by atoms with E-state index in [9.17, 15) is 8.42 Å². The molecule has 2 rings (SSSR count). The molecule has 0 atom stereocenters. The Morgan fingerprint density at radius 2 is 2.05 bits per heavy atom. The van der Waals surface area contributed by atoms with Crippen LogP contribution in [0, 0.1) is 0 Å². The van der Waals surface area contributed by atoms with Crippen molar-refractivity contribution >= 4 is 15.5 Å². The smallest absolute Gasteiger partial charge is 0.177 e. The number of anilines is 1. The molecule has 1 N–H and O–H groups in total. The van der Waals surface area contributed by atoms with Crippen LogP contribution in [0.4, 0.5) is 5.69 Å². The molecule has 1 aromatic heterocycles. The van der Waals surface area contributed by atoms with Crippen molar-refractivity contribution in [2.24, 2.45) is 0 Å². The molecule has 0 spiro atoms. The summed E-state index contributed by atoms with van der Waals surface area (Å²) in [4.78, 5) is 4.61. The SMILES string of the molecule is CCCn1ccnc1CNc1ccccc1S(C)(=O)=O. The minimum Gasteiger partial charge on any atom is -0.377 e. The molecular weight excluding hydrogens is 274 g/mol. The number of sulfone groups is 1. The van der Waals surface area contributed by atoms with Crippen LogP contribution in [-0.4, -0.2) is 24.2 Å². The highest BCUT2D eigenvalue weighted by molar-refractivity contribution is 7.90. The molecule has 1 aromatic carbocycles. The molecule has 6 heteroatoms. The number of benzene rings is 1. The van der Waals surface area contributed by atoms with Crippen molar-refractivity contribution in [1.29, 1.82) is 0 Å². The molecule has 0 unspecified atom stereocenters. The second-order valence-electron chi connectivity index (χ2n) is 4.66. The highest BCUT2D eigenvalue weighted by Crippen LogP contribution is 2.21. The first-order chi connectivity index (χ1) is 9.52. The normalized spacial score (nSPS) is 11.5. The van der Waals surface area contributed by atoms with E-state index < -0.39 is 9.84 Å². The third kappa shape index (κ3) is 3.39. The van der Waals surface area contributed by atoms with E-state index in [0.29, 0.717) is 17.1 Å². The van der Waals surface area contributed by atoms with Crippen molar-refractivity contribution in [3.63, 3.8) is 0 Å². The summed E-state index contributed by atoms with van der Waals surface area (Å²) in [7, 11) is -3.23. The van der Waals surface area contributed by atoms with Crippen LogP contribution >= 0.6 is 0 Å². The molecule has 20 heavy (non-hydrogen) atoms. The lowest BCUT2D eigenvalue weighted by Gasteiger charge is -2.11. The number of imidazole rings is 1. The first kappa shape index (κ1) is 14.6. The van der Waals surface area contributed by atoms with Crippen molar-refractivity contribution in [3.8, 4) is 0 Å². The minimum absolute atomic E-state index is 0.314. The van der Waals surface area contributed by atoms with Gasteiger partial charge in [-0.05, 0) is 18.6 Å². The van der Waals surface area contributed by atoms with Crippen molar-refractivity contribution in [2.45, 2.75) is 31.3 Å². The lowest BCUT2D eigenvalue weighted by Crippen LogP contribution is -2.10. The summed E-state index contributed by atoms with van der Waals surface area (Å²) in [5.41, 5.74) is 0.612. The van der Waals surface area contributed by atoms with Gasteiger partial charge in [0.2, 0.25) is 0 Å². The Kier molecular flexibility index (Phi) is 4.44. The number of nitrogens with zero attached hydrogens (tertiary/aromatic N) is 2. The predicted octanol–water partition coefficient (Wildman–Crippen LogP) is 2.31. The van der Waals surface area contributed by atoms with E-state index in [0.717, 1.165) is 18.8 Å². The number of hydrogen-bond acceptors (Lipinski definition) is 4. The molecule has 2 aromatic rings. The molecule has 0 amide bonds. The lowest BCUT2D eigenvalue weighted by atomic mass is 10.3. The molecule has 0 saturated heterocycles. The molecule has 0 aliphatic rings. The van der Waals surface area contributed by atoms with Gasteiger partial charge in [-0.25, -0.2) is 13.4 Å². The summed E-state index contributed by atoms with van der Waals surface area (Å²) in [6.07, 6.45) is 5.94. The van der Waals surface area contributed by atoms with Gasteiger partial charge in [-0.2, -0.15) is 0 Å². The van der Waals surface area contributed by atoms with Crippen molar-refractivity contribution in [2.75, 3.05) is 11.6 Å². The van der Waals surface area contributed by atoms with Gasteiger partial charge in [-0.1, -0.05) is 19.1 Å². The van der Waals surface area contributed by atoms with E-state index >= 15 is 0 Å². The molecule has 1 heterocycles. The summed E-state index contributed by atoms with van der Waals surface area (Å²) < 4.78 is 25.5. The Labute approximate surface area is 119 Å². The van der Waals surface area contributed by atoms with Crippen LogP contribution in [0.15, 0.2) is 41.6 Å². The van der Waals surface area contributed by atoms with Crippen molar-refractivity contribution in [1.82, 2.24) is 9.55 Å². The summed E-state index contributed by atoms with van der Waals surface area (Å²) in [6, 6.07) is 6.91. The molecule has 5 nitrogen and oxygen atoms in total. The highest BCUT2D eigenvalue weighted by Gasteiger charge is 2.12. The van der Waals surface area contributed by atoms with Gasteiger partial charge in [0, 0.05) is 25.2 Å². The largest absolute Gasteiger partial charge is 0.377 e. The zero-order valence-corrected chi connectivity index (χ0v) is 12.5. The Hall–Kier alpha value is -1.82. The topological polar surface area (TPSA) is 64.0 Å². The summed E-state index contributed by atoms with van der Waals surface area (Å²) in [5.74, 6) is 0.898. The van der Waals surface area contributed by atoms with Crippen LogP contribution in [0.5, 0.6) is 0 Å². The fourth-order valence-electron chi connectivity index (χ4n) is 2.06. The molecule has 0 saturated carbocycles. The third-order valence-corrected chi connectivity index (χ3v) is 4.14. The standard InChI is InChI=1S/C14H19N3O2S/c1-3-9-17-10-8-15-14(17)11-16-12-6-4-5-7-13(12)20(2,18)19/h4-8,10,16H,3,9,11H2,1-2H3. The monoisotopic (exact) mass is 293 g/mol. The third-order valence-electron chi connectivity index (χ3n) is 2.99. The van der Waals surface area contributed by atoms with Crippen molar-refractivity contribution in [3.05, 3.63) is 42.5 Å². The molecule has 0 aliphatic carbocycles. The number of aromatic nitrogens is 2. The van der Waals surface area contributed by atoms with E-state index in [1.165, 1.54) is 6.26 Å². The average Bonchev–Trinajstić information content (AvgIpc) is 2.83. The zero-order valence-electron chi connectivity index (χ0n) is 11.7. The maximum absolute atomic E-state index is 11.7. The van der Waals surface area contributed by atoms with Gasteiger partial charge in [0.1, 0.15) is 5.82 Å². The predicted molar refractivity (Wildman–Crippen MR) is 79.4 cm³/mol. The number of para-hydroxylation sites is 1. The van der Waals surface area contributed by atoms with Gasteiger partial charge in [-0.3, -0.25) is 0 Å². The molecule has 0 fully saturated rings. The van der Waals surface area contributed by atoms with E-state index in [-0.39, 0.29) is 0 Å². The number of hydrogen-bond donors (Lipinski definition) is 1. The number of aryl methyl sites for hydroxylation is 1. The fraction of sp³-hybridized carbons (Fsp3) is 0.357. The van der Waals surface area contributed by atoms with Gasteiger partial charge in [-0.15, -0.1) is 0 Å². The molecule has 0 radical (unpaired) electrons. The van der Waals surface area contributed by atoms with Gasteiger partial charge in [0.15, 0.2) is 9.84 Å². The lowest BCUT2D eigenvalue weighted by molar-refractivity contribution is 0.602. The second-order valence-corrected chi connectivity index (χ2v) is 6.64. The van der Waals surface area contributed by atoms with Gasteiger partial charge in [0.25, 0.3) is 0 Å². The Balaban J connectivity index is 2.17. The van der Waals surface area contributed by atoms with Crippen LogP contribution < -0.4 is 5.32 Å². The van der Waals surface area contributed by atoms with E-state index in [1.54, 1.807) is 24.4 Å². The van der Waals surface area contributed by atoms with E-state index in [1.807, 2.05) is 12.3 Å².